The van der Waals surface area contributed by atoms with Crippen LogP contribution in [0.2, 0.25) is 5.02 Å². The van der Waals surface area contributed by atoms with Crippen molar-refractivity contribution in [1.29, 1.82) is 0 Å². The summed E-state index contributed by atoms with van der Waals surface area (Å²) in [5.41, 5.74) is 3.98. The molecule has 7 heteroatoms. The van der Waals surface area contributed by atoms with Crippen LogP contribution < -0.4 is 0 Å². The monoisotopic (exact) mass is 389 g/mol. The zero-order valence-electron chi connectivity index (χ0n) is 14.9. The third-order valence-corrected chi connectivity index (χ3v) is 6.60. The molecule has 0 aliphatic carbocycles. The minimum absolute atomic E-state index is 0.0381. The number of morpholine rings is 1. The number of benzene rings is 1. The van der Waals surface area contributed by atoms with E-state index in [0.717, 1.165) is 32.6 Å². The number of nitrogens with zero attached hydrogens (tertiary/aromatic N) is 2. The van der Waals surface area contributed by atoms with Crippen molar-refractivity contribution in [1.82, 2.24) is 15.1 Å². The highest BCUT2D eigenvalue weighted by Gasteiger charge is 2.34. The lowest BCUT2D eigenvalue weighted by atomic mass is 10.0. The summed E-state index contributed by atoms with van der Waals surface area (Å²) in [4.78, 5) is 15.9. The summed E-state index contributed by atoms with van der Waals surface area (Å²) in [6.45, 7) is 7.48. The Bertz CT molecular complexity index is 975. The van der Waals surface area contributed by atoms with E-state index in [4.69, 9.17) is 16.3 Å². The summed E-state index contributed by atoms with van der Waals surface area (Å²) in [5, 5.41) is 8.82. The van der Waals surface area contributed by atoms with E-state index in [0.29, 0.717) is 29.7 Å². The first kappa shape index (κ1) is 17.5. The summed E-state index contributed by atoms with van der Waals surface area (Å²) in [5.74, 6) is -0.0381. The number of rotatable bonds is 2. The average molecular weight is 390 g/mol. The molecule has 1 aliphatic heterocycles. The third kappa shape index (κ3) is 2.73. The Hall–Kier alpha value is -1.89. The van der Waals surface area contributed by atoms with Gasteiger partial charge in [-0.05, 0) is 32.4 Å². The highest BCUT2D eigenvalue weighted by molar-refractivity contribution is 7.21. The fraction of sp³-hybridized carbons (Fsp3) is 0.368. The molecule has 0 saturated carbocycles. The molecule has 1 amide bonds. The van der Waals surface area contributed by atoms with Crippen LogP contribution in [0.4, 0.5) is 0 Å². The van der Waals surface area contributed by atoms with Crippen molar-refractivity contribution in [3.8, 4) is 0 Å². The molecule has 1 N–H and O–H groups in total. The lowest BCUT2D eigenvalue weighted by Gasteiger charge is -2.35. The van der Waals surface area contributed by atoms with E-state index >= 15 is 0 Å². The van der Waals surface area contributed by atoms with Gasteiger partial charge in [-0.2, -0.15) is 5.10 Å². The lowest BCUT2D eigenvalue weighted by Crippen LogP contribution is -2.43. The van der Waals surface area contributed by atoms with E-state index < -0.39 is 0 Å². The number of halogens is 1. The predicted octanol–water partition coefficient (Wildman–Crippen LogP) is 4.42. The van der Waals surface area contributed by atoms with Gasteiger partial charge in [0.1, 0.15) is 4.88 Å². The van der Waals surface area contributed by atoms with E-state index in [2.05, 4.69) is 10.2 Å². The lowest BCUT2D eigenvalue weighted by molar-refractivity contribution is -0.00273. The van der Waals surface area contributed by atoms with Gasteiger partial charge in [0.2, 0.25) is 0 Å². The van der Waals surface area contributed by atoms with E-state index in [1.165, 1.54) is 11.3 Å². The maximum atomic E-state index is 13.4. The van der Waals surface area contributed by atoms with Gasteiger partial charge in [-0.25, -0.2) is 0 Å². The fourth-order valence-corrected chi connectivity index (χ4v) is 5.31. The number of fused-ring (bicyclic) bond motifs is 1. The normalized spacial score (nSPS) is 17.8. The van der Waals surface area contributed by atoms with Crippen LogP contribution in [0, 0.1) is 20.8 Å². The molecular weight excluding hydrogens is 370 g/mol. The minimum atomic E-state index is -0.155. The molecule has 0 spiro atoms. The van der Waals surface area contributed by atoms with Gasteiger partial charge in [0, 0.05) is 27.9 Å². The van der Waals surface area contributed by atoms with Crippen molar-refractivity contribution in [2.45, 2.75) is 26.8 Å². The molecule has 2 aromatic heterocycles. The van der Waals surface area contributed by atoms with Gasteiger partial charge in [0.05, 0.1) is 30.0 Å². The van der Waals surface area contributed by atoms with Gasteiger partial charge in [-0.3, -0.25) is 9.89 Å². The standard InChI is InChI=1S/C19H20ClN3O2S/c1-10-5-4-6-14-15(10)17(20)18(26-14)19(24)23-7-8-25-9-13(23)16-11(2)21-22-12(16)3/h4-6,13H,7-9H2,1-3H3,(H,21,22). The van der Waals surface area contributed by atoms with Gasteiger partial charge in [-0.15, -0.1) is 11.3 Å². The number of aryl methyl sites for hydroxylation is 3. The molecule has 1 fully saturated rings. The van der Waals surface area contributed by atoms with E-state index in [9.17, 15) is 4.79 Å². The highest BCUT2D eigenvalue weighted by Crippen LogP contribution is 2.39. The van der Waals surface area contributed by atoms with Gasteiger partial charge in [-0.1, -0.05) is 23.7 Å². The second-order valence-corrected chi connectivity index (χ2v) is 8.06. The van der Waals surface area contributed by atoms with Crippen molar-refractivity contribution >= 4 is 38.9 Å². The number of nitrogens with one attached hydrogen (secondary N) is 1. The number of hydrogen-bond donors (Lipinski definition) is 1. The second-order valence-electron chi connectivity index (χ2n) is 6.63. The fourth-order valence-electron chi connectivity index (χ4n) is 3.68. The van der Waals surface area contributed by atoms with Crippen molar-refractivity contribution in [3.05, 3.63) is 50.6 Å². The molecule has 1 unspecified atom stereocenters. The summed E-state index contributed by atoms with van der Waals surface area (Å²) >= 11 is 8.08. The molecule has 4 rings (SSSR count). The number of ether oxygens (including phenoxy) is 1. The Morgan fingerprint density at radius 1 is 1.38 bits per heavy atom. The third-order valence-electron chi connectivity index (χ3n) is 4.97. The van der Waals surface area contributed by atoms with Crippen LogP contribution in [0.3, 0.4) is 0 Å². The van der Waals surface area contributed by atoms with Crippen LogP contribution in [0.5, 0.6) is 0 Å². The number of thiophene rings is 1. The average Bonchev–Trinajstić information content (AvgIpc) is 3.15. The molecule has 1 atom stereocenters. The second kappa shape index (κ2) is 6.68. The zero-order valence-corrected chi connectivity index (χ0v) is 16.5. The molecule has 26 heavy (non-hydrogen) atoms. The van der Waals surface area contributed by atoms with Gasteiger partial charge in [0.25, 0.3) is 5.91 Å². The maximum absolute atomic E-state index is 13.4. The number of H-pyrrole nitrogens is 1. The number of hydrogen-bond acceptors (Lipinski definition) is 4. The van der Waals surface area contributed by atoms with Crippen LogP contribution in [0.15, 0.2) is 18.2 Å². The smallest absolute Gasteiger partial charge is 0.266 e. The predicted molar refractivity (Wildman–Crippen MR) is 104 cm³/mol. The van der Waals surface area contributed by atoms with Crippen LogP contribution in [0.1, 0.15) is 38.2 Å². The van der Waals surface area contributed by atoms with Crippen LogP contribution >= 0.6 is 22.9 Å². The molecule has 136 valence electrons. The van der Waals surface area contributed by atoms with Gasteiger partial charge >= 0.3 is 0 Å². The Morgan fingerprint density at radius 2 is 2.19 bits per heavy atom. The molecule has 1 saturated heterocycles. The number of aromatic nitrogens is 2. The Labute approximate surface area is 160 Å². The Balaban J connectivity index is 1.77. The molecule has 1 aliphatic rings. The van der Waals surface area contributed by atoms with Crippen LogP contribution in [0.25, 0.3) is 10.1 Å². The Kier molecular flexibility index (Phi) is 4.50. The zero-order chi connectivity index (χ0) is 18.4. The molecule has 5 nitrogen and oxygen atoms in total. The van der Waals surface area contributed by atoms with Crippen molar-refractivity contribution < 1.29 is 9.53 Å². The van der Waals surface area contributed by atoms with E-state index in [1.54, 1.807) is 0 Å². The summed E-state index contributed by atoms with van der Waals surface area (Å²) in [6, 6.07) is 5.87. The van der Waals surface area contributed by atoms with Crippen LogP contribution in [-0.2, 0) is 4.74 Å². The first-order chi connectivity index (χ1) is 12.5. The molecule has 0 bridgehead atoms. The first-order valence-electron chi connectivity index (χ1n) is 8.56. The van der Waals surface area contributed by atoms with Crippen molar-refractivity contribution in [2.24, 2.45) is 0 Å². The van der Waals surface area contributed by atoms with E-state index in [1.807, 2.05) is 43.9 Å². The van der Waals surface area contributed by atoms with Gasteiger partial charge in [0.15, 0.2) is 0 Å². The Morgan fingerprint density at radius 3 is 2.88 bits per heavy atom. The number of aromatic amines is 1. The van der Waals surface area contributed by atoms with Crippen LogP contribution in [-0.4, -0.2) is 40.8 Å². The van der Waals surface area contributed by atoms with Crippen molar-refractivity contribution in [2.75, 3.05) is 19.8 Å². The van der Waals surface area contributed by atoms with Crippen molar-refractivity contribution in [3.63, 3.8) is 0 Å². The molecule has 3 aromatic rings. The quantitative estimate of drug-likeness (QED) is 0.705. The van der Waals surface area contributed by atoms with E-state index in [-0.39, 0.29) is 11.9 Å². The number of amides is 1. The summed E-state index contributed by atoms with van der Waals surface area (Å²) in [7, 11) is 0. The first-order valence-corrected chi connectivity index (χ1v) is 9.76. The molecule has 1 aromatic carbocycles. The largest absolute Gasteiger partial charge is 0.377 e. The SMILES string of the molecule is Cc1n[nH]c(C)c1C1COCCN1C(=O)c1sc2cccc(C)c2c1Cl. The maximum Gasteiger partial charge on any atom is 0.266 e. The highest BCUT2D eigenvalue weighted by atomic mass is 35.5. The molecular formula is C19H20ClN3O2S. The molecule has 0 radical (unpaired) electrons. The summed E-state index contributed by atoms with van der Waals surface area (Å²) in [6.07, 6.45) is 0. The number of carbonyl (C=O) groups is 1. The van der Waals surface area contributed by atoms with Gasteiger partial charge < -0.3 is 9.64 Å². The molecule has 3 heterocycles. The minimum Gasteiger partial charge on any atom is -0.377 e. The summed E-state index contributed by atoms with van der Waals surface area (Å²) < 4.78 is 6.72. The number of carbonyl (C=O) groups excluding carboxylic acids is 1. The topological polar surface area (TPSA) is 58.2 Å².